The largest absolute Gasteiger partial charge is 0.305 e. The minimum Gasteiger partial charge on any atom is -0.305 e. The van der Waals surface area contributed by atoms with Crippen LogP contribution in [0.2, 0.25) is 5.02 Å². The van der Waals surface area contributed by atoms with Gasteiger partial charge < -0.3 is 4.90 Å². The lowest BCUT2D eigenvalue weighted by molar-refractivity contribution is 0.231. The Morgan fingerprint density at radius 3 is 2.70 bits per heavy atom. The minimum absolute atomic E-state index is 0.252. The van der Waals surface area contributed by atoms with E-state index in [4.69, 9.17) is 11.6 Å². The van der Waals surface area contributed by atoms with Crippen molar-refractivity contribution in [3.8, 4) is 0 Å². The molecule has 1 heterocycles. The highest BCUT2D eigenvalue weighted by atomic mass is 35.5. The van der Waals surface area contributed by atoms with E-state index < -0.39 is 0 Å². The Morgan fingerprint density at radius 1 is 1.04 bits per heavy atom. The molecule has 0 aromatic heterocycles. The van der Waals surface area contributed by atoms with E-state index in [0.717, 1.165) is 24.7 Å². The molecule has 2 nitrogen and oxygen atoms in total. The van der Waals surface area contributed by atoms with Crippen molar-refractivity contribution in [1.82, 2.24) is 9.80 Å². The predicted molar refractivity (Wildman–Crippen MR) is 97.8 cm³/mol. The summed E-state index contributed by atoms with van der Waals surface area (Å²) in [6.07, 6.45) is 11.6. The Morgan fingerprint density at radius 2 is 1.87 bits per heavy atom. The third-order valence-electron chi connectivity index (χ3n) is 4.46. The van der Waals surface area contributed by atoms with Gasteiger partial charge in [0, 0.05) is 24.7 Å². The van der Waals surface area contributed by atoms with Crippen LogP contribution in [-0.2, 0) is 0 Å². The van der Waals surface area contributed by atoms with E-state index in [9.17, 15) is 0 Å². The van der Waals surface area contributed by atoms with Crippen LogP contribution >= 0.6 is 11.6 Å². The lowest BCUT2D eigenvalue weighted by atomic mass is 9.96. The fourth-order valence-electron chi connectivity index (χ4n) is 3.22. The van der Waals surface area contributed by atoms with Crippen LogP contribution in [-0.4, -0.2) is 43.0 Å². The molecule has 23 heavy (non-hydrogen) atoms. The Balaban J connectivity index is 1.95. The number of hydrogen-bond donors (Lipinski definition) is 0. The van der Waals surface area contributed by atoms with Crippen molar-refractivity contribution in [3.63, 3.8) is 0 Å². The molecule has 3 heteroatoms. The van der Waals surface area contributed by atoms with Crippen LogP contribution in [0.15, 0.2) is 65.9 Å². The lowest BCUT2D eigenvalue weighted by Gasteiger charge is -2.32. The maximum absolute atomic E-state index is 6.09. The van der Waals surface area contributed by atoms with E-state index in [2.05, 4.69) is 52.9 Å². The highest BCUT2D eigenvalue weighted by molar-refractivity contribution is 6.30. The summed E-state index contributed by atoms with van der Waals surface area (Å²) < 4.78 is 0. The summed E-state index contributed by atoms with van der Waals surface area (Å²) in [5.74, 6) is 0. The van der Waals surface area contributed by atoms with Gasteiger partial charge in [0.25, 0.3) is 0 Å². The van der Waals surface area contributed by atoms with Crippen molar-refractivity contribution >= 4 is 11.6 Å². The van der Waals surface area contributed by atoms with Crippen molar-refractivity contribution in [1.29, 1.82) is 0 Å². The second-order valence-corrected chi connectivity index (χ2v) is 6.61. The van der Waals surface area contributed by atoms with Gasteiger partial charge in [0.1, 0.15) is 0 Å². The van der Waals surface area contributed by atoms with Gasteiger partial charge in [0.05, 0.1) is 6.04 Å². The summed E-state index contributed by atoms with van der Waals surface area (Å²) in [6.45, 7) is 4.45. The zero-order valence-electron chi connectivity index (χ0n) is 13.6. The fraction of sp³-hybridized carbons (Fsp3) is 0.350. The number of rotatable bonds is 3. The molecule has 0 spiro atoms. The summed E-state index contributed by atoms with van der Waals surface area (Å²) in [4.78, 5) is 4.99. The van der Waals surface area contributed by atoms with Crippen LogP contribution in [0, 0.1) is 0 Å². The highest BCUT2D eigenvalue weighted by Gasteiger charge is 2.24. The molecule has 1 unspecified atom stereocenters. The monoisotopic (exact) mass is 326 g/mol. The molecule has 0 bridgehead atoms. The smallest absolute Gasteiger partial charge is 0.0608 e. The molecule has 0 amide bonds. The van der Waals surface area contributed by atoms with Gasteiger partial charge in [-0.05, 0) is 55.4 Å². The van der Waals surface area contributed by atoms with Crippen LogP contribution < -0.4 is 0 Å². The molecule has 0 radical (unpaired) electrons. The molecule has 0 N–H and O–H groups in total. The molecule has 0 saturated carbocycles. The third kappa shape index (κ3) is 4.25. The standard InChI is InChI=1S/C20H23ClN2/c1-22-13-6-14-23(16-15-22)20(17-7-4-2-3-5-8-17)18-9-11-19(21)12-10-18/h2-4,7-12,20H,6,13-16H2,1H3. The first-order valence-corrected chi connectivity index (χ1v) is 8.59. The summed E-state index contributed by atoms with van der Waals surface area (Å²) in [6, 6.07) is 8.52. The molecule has 120 valence electrons. The number of allylic oxidation sites excluding steroid dienone is 3. The SMILES string of the molecule is CN1CCCN(C(C2=CC=CC=C=C2)c2ccc(Cl)cc2)CC1. The molecule has 1 aromatic rings. The van der Waals surface area contributed by atoms with E-state index in [1.165, 1.54) is 24.1 Å². The molecule has 1 aliphatic carbocycles. The second-order valence-electron chi connectivity index (χ2n) is 6.18. The molecular weight excluding hydrogens is 304 g/mol. The van der Waals surface area contributed by atoms with E-state index in [0.29, 0.717) is 0 Å². The van der Waals surface area contributed by atoms with Gasteiger partial charge in [-0.2, -0.15) is 0 Å². The van der Waals surface area contributed by atoms with Gasteiger partial charge in [0.15, 0.2) is 0 Å². The minimum atomic E-state index is 0.252. The van der Waals surface area contributed by atoms with E-state index in [-0.39, 0.29) is 6.04 Å². The number of nitrogens with zero attached hydrogens (tertiary/aromatic N) is 2. The third-order valence-corrected chi connectivity index (χ3v) is 4.71. The topological polar surface area (TPSA) is 6.48 Å². The summed E-state index contributed by atoms with van der Waals surface area (Å²) >= 11 is 6.09. The average molecular weight is 327 g/mol. The first-order valence-electron chi connectivity index (χ1n) is 8.21. The van der Waals surface area contributed by atoms with Crippen LogP contribution in [0.5, 0.6) is 0 Å². The fourth-order valence-corrected chi connectivity index (χ4v) is 3.35. The number of halogens is 1. The predicted octanol–water partition coefficient (Wildman–Crippen LogP) is 4.23. The number of hydrogen-bond acceptors (Lipinski definition) is 2. The van der Waals surface area contributed by atoms with E-state index >= 15 is 0 Å². The Labute approximate surface area is 144 Å². The van der Waals surface area contributed by atoms with E-state index in [1.54, 1.807) is 0 Å². The lowest BCUT2D eigenvalue weighted by Crippen LogP contribution is -2.33. The number of likely N-dealkylation sites (N-methyl/N-ethyl adjacent to an activating group) is 1. The average Bonchev–Trinajstić information content (AvgIpc) is 2.93. The maximum atomic E-state index is 6.09. The molecule has 1 saturated heterocycles. The summed E-state index contributed by atoms with van der Waals surface area (Å²) in [5.41, 5.74) is 5.82. The van der Waals surface area contributed by atoms with Crippen LogP contribution in [0.4, 0.5) is 0 Å². The summed E-state index contributed by atoms with van der Waals surface area (Å²) in [7, 11) is 2.21. The molecule has 3 rings (SSSR count). The van der Waals surface area contributed by atoms with Gasteiger partial charge >= 0.3 is 0 Å². The van der Waals surface area contributed by atoms with Crippen LogP contribution in [0.25, 0.3) is 0 Å². The van der Waals surface area contributed by atoms with Gasteiger partial charge in [-0.1, -0.05) is 42.0 Å². The molecule has 1 atom stereocenters. The maximum Gasteiger partial charge on any atom is 0.0608 e. The molecule has 2 aliphatic rings. The normalized spacial score (nSPS) is 20.9. The molecule has 1 aliphatic heterocycles. The molecule has 1 fully saturated rings. The van der Waals surface area contributed by atoms with E-state index in [1.807, 2.05) is 24.3 Å². The van der Waals surface area contributed by atoms with Crippen LogP contribution in [0.3, 0.4) is 0 Å². The zero-order valence-corrected chi connectivity index (χ0v) is 14.3. The van der Waals surface area contributed by atoms with Crippen LogP contribution in [0.1, 0.15) is 18.0 Å². The second kappa shape index (κ2) is 7.81. The number of benzene rings is 1. The highest BCUT2D eigenvalue weighted by Crippen LogP contribution is 2.31. The molecular formula is C20H23ClN2. The Hall–Kier alpha value is -1.57. The van der Waals surface area contributed by atoms with Crippen molar-refractivity contribution in [2.24, 2.45) is 0 Å². The molecule has 1 aromatic carbocycles. The Bertz CT molecular complexity index is 651. The van der Waals surface area contributed by atoms with Crippen molar-refractivity contribution in [3.05, 3.63) is 76.5 Å². The van der Waals surface area contributed by atoms with Crippen molar-refractivity contribution in [2.75, 3.05) is 33.2 Å². The van der Waals surface area contributed by atoms with Gasteiger partial charge in [-0.15, -0.1) is 5.73 Å². The Kier molecular flexibility index (Phi) is 5.53. The van der Waals surface area contributed by atoms with Crippen molar-refractivity contribution < 1.29 is 0 Å². The van der Waals surface area contributed by atoms with Crippen molar-refractivity contribution in [2.45, 2.75) is 12.5 Å². The summed E-state index contributed by atoms with van der Waals surface area (Å²) in [5, 5.41) is 0.785. The van der Waals surface area contributed by atoms with Gasteiger partial charge in [-0.25, -0.2) is 0 Å². The first kappa shape index (κ1) is 16.3. The van der Waals surface area contributed by atoms with Gasteiger partial charge in [0.2, 0.25) is 0 Å². The first-order chi connectivity index (χ1) is 11.2. The quantitative estimate of drug-likeness (QED) is 0.767. The zero-order chi connectivity index (χ0) is 16.1. The van der Waals surface area contributed by atoms with Gasteiger partial charge in [-0.3, -0.25) is 4.90 Å².